The Morgan fingerprint density at radius 2 is 1.88 bits per heavy atom. The van der Waals surface area contributed by atoms with Crippen LogP contribution in [0.4, 0.5) is 5.69 Å². The van der Waals surface area contributed by atoms with Crippen LogP contribution in [0.15, 0.2) is 24.3 Å². The normalized spacial score (nSPS) is 19.4. The zero-order chi connectivity index (χ0) is 18.4. The molecule has 0 unspecified atom stereocenters. The van der Waals surface area contributed by atoms with Gasteiger partial charge in [0, 0.05) is 38.9 Å². The molecule has 0 aromatic heterocycles. The summed E-state index contributed by atoms with van der Waals surface area (Å²) in [7, 11) is 0. The van der Waals surface area contributed by atoms with Crippen LogP contribution in [-0.4, -0.2) is 62.0 Å². The van der Waals surface area contributed by atoms with E-state index >= 15 is 0 Å². The van der Waals surface area contributed by atoms with E-state index in [4.69, 9.17) is 14.2 Å². The molecule has 1 amide bonds. The SMILES string of the molecule is CCOC(=O)c1ccccc1NC(=O)CCN1CCC2(CC1)OCCO2. The number of para-hydroxylation sites is 1. The number of esters is 1. The van der Waals surface area contributed by atoms with Gasteiger partial charge < -0.3 is 24.4 Å². The Kier molecular flexibility index (Phi) is 6.24. The van der Waals surface area contributed by atoms with Crippen molar-refractivity contribution in [3.05, 3.63) is 29.8 Å². The van der Waals surface area contributed by atoms with Gasteiger partial charge in [-0.25, -0.2) is 4.79 Å². The zero-order valence-corrected chi connectivity index (χ0v) is 15.2. The van der Waals surface area contributed by atoms with Gasteiger partial charge >= 0.3 is 5.97 Å². The summed E-state index contributed by atoms with van der Waals surface area (Å²) < 4.78 is 16.5. The molecule has 142 valence electrons. The van der Waals surface area contributed by atoms with Crippen molar-refractivity contribution in [1.82, 2.24) is 4.90 Å². The lowest BCUT2D eigenvalue weighted by molar-refractivity contribution is -0.185. The van der Waals surface area contributed by atoms with E-state index < -0.39 is 11.8 Å². The number of carbonyl (C=O) groups excluding carboxylic acids is 2. The topological polar surface area (TPSA) is 77.1 Å². The van der Waals surface area contributed by atoms with Crippen LogP contribution in [0.5, 0.6) is 0 Å². The fourth-order valence-electron chi connectivity index (χ4n) is 3.35. The Balaban J connectivity index is 1.47. The highest BCUT2D eigenvalue weighted by atomic mass is 16.7. The highest BCUT2D eigenvalue weighted by Crippen LogP contribution is 2.31. The molecule has 2 saturated heterocycles. The molecule has 1 aromatic carbocycles. The fourth-order valence-corrected chi connectivity index (χ4v) is 3.35. The van der Waals surface area contributed by atoms with Crippen LogP contribution in [0.2, 0.25) is 0 Å². The molecule has 0 aliphatic carbocycles. The number of hydrogen-bond acceptors (Lipinski definition) is 6. The Morgan fingerprint density at radius 1 is 1.19 bits per heavy atom. The first-order valence-electron chi connectivity index (χ1n) is 9.18. The van der Waals surface area contributed by atoms with Gasteiger partial charge in [0.25, 0.3) is 0 Å². The third-order valence-corrected chi connectivity index (χ3v) is 4.78. The van der Waals surface area contributed by atoms with E-state index in [1.165, 1.54) is 0 Å². The number of nitrogens with zero attached hydrogens (tertiary/aromatic N) is 1. The summed E-state index contributed by atoms with van der Waals surface area (Å²) in [6.07, 6.45) is 2.03. The summed E-state index contributed by atoms with van der Waals surface area (Å²) in [5.74, 6) is -0.936. The molecule has 7 heteroatoms. The quantitative estimate of drug-likeness (QED) is 0.781. The van der Waals surface area contributed by atoms with Crippen molar-refractivity contribution in [3.63, 3.8) is 0 Å². The van der Waals surface area contributed by atoms with Crippen LogP contribution in [-0.2, 0) is 19.0 Å². The van der Waals surface area contributed by atoms with Gasteiger partial charge in [-0.3, -0.25) is 4.79 Å². The standard InChI is InChI=1S/C19H26N2O5/c1-2-24-18(23)15-5-3-4-6-16(15)20-17(22)7-10-21-11-8-19(9-12-21)25-13-14-26-19/h3-6H,2,7-14H2,1H3,(H,20,22). The molecule has 26 heavy (non-hydrogen) atoms. The van der Waals surface area contributed by atoms with E-state index in [1.807, 2.05) is 0 Å². The van der Waals surface area contributed by atoms with Crippen LogP contribution >= 0.6 is 0 Å². The largest absolute Gasteiger partial charge is 0.462 e. The molecule has 2 aliphatic rings. The maximum atomic E-state index is 12.3. The number of likely N-dealkylation sites (tertiary alicyclic amines) is 1. The number of nitrogens with one attached hydrogen (secondary N) is 1. The molecule has 3 rings (SSSR count). The summed E-state index contributed by atoms with van der Waals surface area (Å²) >= 11 is 0. The minimum Gasteiger partial charge on any atom is -0.462 e. The summed E-state index contributed by atoms with van der Waals surface area (Å²) in [4.78, 5) is 26.5. The molecule has 2 fully saturated rings. The number of amides is 1. The average molecular weight is 362 g/mol. The second-order valence-electron chi connectivity index (χ2n) is 6.51. The molecule has 7 nitrogen and oxygen atoms in total. The molecule has 0 atom stereocenters. The lowest BCUT2D eigenvalue weighted by Crippen LogP contribution is -2.45. The van der Waals surface area contributed by atoms with E-state index in [9.17, 15) is 9.59 Å². The van der Waals surface area contributed by atoms with Gasteiger partial charge in [-0.1, -0.05) is 12.1 Å². The summed E-state index contributed by atoms with van der Waals surface area (Å²) in [5, 5.41) is 2.82. The second kappa shape index (κ2) is 8.62. The molecule has 1 aromatic rings. The van der Waals surface area contributed by atoms with Crippen LogP contribution in [0.3, 0.4) is 0 Å². The van der Waals surface area contributed by atoms with E-state index in [0.717, 1.165) is 25.9 Å². The van der Waals surface area contributed by atoms with Crippen LogP contribution in [0.1, 0.15) is 36.5 Å². The minimum atomic E-state index is -0.429. The monoisotopic (exact) mass is 362 g/mol. The molecule has 2 heterocycles. The van der Waals surface area contributed by atoms with Crippen molar-refractivity contribution >= 4 is 17.6 Å². The van der Waals surface area contributed by atoms with Gasteiger partial charge in [0.15, 0.2) is 5.79 Å². The van der Waals surface area contributed by atoms with Crippen molar-refractivity contribution < 1.29 is 23.8 Å². The van der Waals surface area contributed by atoms with Gasteiger partial charge in [-0.2, -0.15) is 0 Å². The predicted octanol–water partition coefficient (Wildman–Crippen LogP) is 2.03. The van der Waals surface area contributed by atoms with E-state index in [1.54, 1.807) is 31.2 Å². The van der Waals surface area contributed by atoms with Crippen LogP contribution in [0, 0.1) is 0 Å². The lowest BCUT2D eigenvalue weighted by atomic mass is 10.0. The maximum absolute atomic E-state index is 12.3. The first kappa shape index (κ1) is 18.8. The third-order valence-electron chi connectivity index (χ3n) is 4.78. The van der Waals surface area contributed by atoms with Gasteiger partial charge in [0.1, 0.15) is 0 Å². The van der Waals surface area contributed by atoms with Crippen molar-refractivity contribution in [2.45, 2.75) is 32.0 Å². The molecular weight excluding hydrogens is 336 g/mol. The summed E-state index contributed by atoms with van der Waals surface area (Å²) in [5.41, 5.74) is 0.861. The summed E-state index contributed by atoms with van der Waals surface area (Å²) in [6.45, 7) is 5.77. The first-order chi connectivity index (χ1) is 12.6. The van der Waals surface area contributed by atoms with Crippen LogP contribution < -0.4 is 5.32 Å². The second-order valence-corrected chi connectivity index (χ2v) is 6.51. The molecule has 1 N–H and O–H groups in total. The first-order valence-corrected chi connectivity index (χ1v) is 9.18. The van der Waals surface area contributed by atoms with E-state index in [2.05, 4.69) is 10.2 Å². The number of hydrogen-bond donors (Lipinski definition) is 1. The van der Waals surface area contributed by atoms with Crippen LogP contribution in [0.25, 0.3) is 0 Å². The minimum absolute atomic E-state index is 0.115. The highest BCUT2D eigenvalue weighted by Gasteiger charge is 2.39. The van der Waals surface area contributed by atoms with E-state index in [0.29, 0.717) is 44.0 Å². The van der Waals surface area contributed by atoms with Crippen molar-refractivity contribution in [2.24, 2.45) is 0 Å². The average Bonchev–Trinajstić information content (AvgIpc) is 3.10. The summed E-state index contributed by atoms with van der Waals surface area (Å²) in [6, 6.07) is 6.89. The smallest absolute Gasteiger partial charge is 0.340 e. The van der Waals surface area contributed by atoms with Crippen molar-refractivity contribution in [2.75, 3.05) is 44.8 Å². The lowest BCUT2D eigenvalue weighted by Gasteiger charge is -2.37. The highest BCUT2D eigenvalue weighted by molar-refractivity contribution is 6.01. The molecule has 1 spiro atoms. The molecule has 0 saturated carbocycles. The Morgan fingerprint density at radius 3 is 2.58 bits per heavy atom. The van der Waals surface area contributed by atoms with Crippen molar-refractivity contribution in [3.8, 4) is 0 Å². The third kappa shape index (κ3) is 4.60. The Hall–Kier alpha value is -1.96. The number of anilines is 1. The maximum Gasteiger partial charge on any atom is 0.340 e. The number of ether oxygens (including phenoxy) is 3. The van der Waals surface area contributed by atoms with E-state index in [-0.39, 0.29) is 5.91 Å². The van der Waals surface area contributed by atoms with Gasteiger partial charge in [-0.15, -0.1) is 0 Å². The number of piperidine rings is 1. The van der Waals surface area contributed by atoms with Gasteiger partial charge in [0.05, 0.1) is 31.1 Å². The zero-order valence-electron chi connectivity index (χ0n) is 15.2. The Labute approximate surface area is 153 Å². The molecular formula is C19H26N2O5. The molecule has 2 aliphatic heterocycles. The number of benzene rings is 1. The van der Waals surface area contributed by atoms with Gasteiger partial charge in [0.2, 0.25) is 5.91 Å². The van der Waals surface area contributed by atoms with Crippen molar-refractivity contribution in [1.29, 1.82) is 0 Å². The molecule has 0 bridgehead atoms. The number of carbonyl (C=O) groups is 2. The molecule has 0 radical (unpaired) electrons. The Bertz CT molecular complexity index is 633. The predicted molar refractivity (Wildman–Crippen MR) is 96.0 cm³/mol. The fraction of sp³-hybridized carbons (Fsp3) is 0.579. The van der Waals surface area contributed by atoms with Gasteiger partial charge in [-0.05, 0) is 19.1 Å². The number of rotatable bonds is 6.